The molecule has 0 unspecified atom stereocenters. The quantitative estimate of drug-likeness (QED) is 0.748. The van der Waals surface area contributed by atoms with Gasteiger partial charge in [-0.3, -0.25) is 4.79 Å². The van der Waals surface area contributed by atoms with E-state index in [2.05, 4.69) is 15.5 Å². The number of carbonyl (C=O) groups is 1. The number of nitrogens with zero attached hydrogens (tertiary/aromatic N) is 2. The Bertz CT molecular complexity index is 1030. The highest BCUT2D eigenvalue weighted by Gasteiger charge is 2.20. The number of aromatic nitrogens is 2. The second-order valence-electron chi connectivity index (χ2n) is 5.86. The molecule has 136 valence electrons. The second-order valence-corrected chi connectivity index (χ2v) is 5.86. The van der Waals surface area contributed by atoms with Crippen LogP contribution in [0.3, 0.4) is 0 Å². The summed E-state index contributed by atoms with van der Waals surface area (Å²) < 4.78 is 26.2. The van der Waals surface area contributed by atoms with Crippen LogP contribution in [0.25, 0.3) is 11.4 Å². The lowest BCUT2D eigenvalue weighted by Gasteiger charge is -2.03. The summed E-state index contributed by atoms with van der Waals surface area (Å²) in [7, 11) is 0. The molecule has 1 N–H and O–H groups in total. The molecule has 0 saturated carbocycles. The fourth-order valence-corrected chi connectivity index (χ4v) is 2.78. The summed E-state index contributed by atoms with van der Waals surface area (Å²) in [5.41, 5.74) is 1.53. The monoisotopic (exact) mass is 367 g/mol. The van der Waals surface area contributed by atoms with E-state index in [0.717, 1.165) is 5.56 Å². The van der Waals surface area contributed by atoms with Crippen LogP contribution >= 0.6 is 0 Å². The average molecular weight is 367 g/mol. The third kappa shape index (κ3) is 2.88. The van der Waals surface area contributed by atoms with E-state index in [0.29, 0.717) is 34.4 Å². The number of nitrogens with one attached hydrogen (secondary N) is 1. The van der Waals surface area contributed by atoms with Gasteiger partial charge in [0.1, 0.15) is 0 Å². The molecule has 0 radical (unpaired) electrons. The molecular weight excluding hydrogens is 354 g/mol. The smallest absolute Gasteiger partial charge is 0.316 e. The molecule has 3 aromatic rings. The molecule has 27 heavy (non-hydrogen) atoms. The molecule has 3 heterocycles. The minimum Gasteiger partial charge on any atom is -0.454 e. The van der Waals surface area contributed by atoms with Gasteiger partial charge in [-0.25, -0.2) is 0 Å². The first kappa shape index (κ1) is 15.5. The average Bonchev–Trinajstić information content (AvgIpc) is 3.45. The van der Waals surface area contributed by atoms with Gasteiger partial charge in [0.2, 0.25) is 19.4 Å². The van der Waals surface area contributed by atoms with Gasteiger partial charge in [-0.05, 0) is 35.9 Å². The first-order valence-electron chi connectivity index (χ1n) is 8.17. The molecule has 0 atom stereocenters. The number of hydrogen-bond acceptors (Lipinski definition) is 8. The van der Waals surface area contributed by atoms with Gasteiger partial charge < -0.3 is 28.8 Å². The Morgan fingerprint density at radius 1 is 0.926 bits per heavy atom. The van der Waals surface area contributed by atoms with Gasteiger partial charge in [-0.1, -0.05) is 11.2 Å². The zero-order valence-electron chi connectivity index (χ0n) is 13.9. The van der Waals surface area contributed by atoms with Crippen molar-refractivity contribution in [3.8, 4) is 34.4 Å². The SMILES string of the molecule is O=C(NCc1ccc2c(c1)OCO2)c1nc(-c2ccc3c(c2)OCO3)no1. The zero-order chi connectivity index (χ0) is 18.2. The topological polar surface area (TPSA) is 105 Å². The third-order valence-corrected chi connectivity index (χ3v) is 4.14. The molecule has 0 saturated heterocycles. The first-order valence-corrected chi connectivity index (χ1v) is 8.17. The summed E-state index contributed by atoms with van der Waals surface area (Å²) in [6.07, 6.45) is 0. The molecule has 2 aliphatic heterocycles. The number of carbonyl (C=O) groups excluding carboxylic acids is 1. The fraction of sp³-hybridized carbons (Fsp3) is 0.167. The highest BCUT2D eigenvalue weighted by atomic mass is 16.7. The van der Waals surface area contributed by atoms with E-state index >= 15 is 0 Å². The maximum absolute atomic E-state index is 12.3. The lowest BCUT2D eigenvalue weighted by molar-refractivity contribution is 0.0907. The predicted molar refractivity (Wildman–Crippen MR) is 89.6 cm³/mol. The lowest BCUT2D eigenvalue weighted by atomic mass is 10.2. The molecule has 0 bridgehead atoms. The van der Waals surface area contributed by atoms with E-state index in [-0.39, 0.29) is 26.0 Å². The number of amides is 1. The van der Waals surface area contributed by atoms with Crippen LogP contribution in [0.1, 0.15) is 16.2 Å². The molecule has 9 nitrogen and oxygen atoms in total. The molecule has 2 aliphatic rings. The van der Waals surface area contributed by atoms with Crippen LogP contribution in [0.4, 0.5) is 0 Å². The zero-order valence-corrected chi connectivity index (χ0v) is 13.9. The molecule has 0 spiro atoms. The van der Waals surface area contributed by atoms with Gasteiger partial charge in [-0.15, -0.1) is 0 Å². The molecule has 0 aliphatic carbocycles. The molecule has 0 fully saturated rings. The number of ether oxygens (including phenoxy) is 4. The number of hydrogen-bond donors (Lipinski definition) is 1. The van der Waals surface area contributed by atoms with Crippen molar-refractivity contribution in [2.75, 3.05) is 13.6 Å². The summed E-state index contributed by atoms with van der Waals surface area (Å²) in [5.74, 6) is 2.31. The van der Waals surface area contributed by atoms with Gasteiger partial charge in [0, 0.05) is 12.1 Å². The standard InChI is InChI=1S/C18H13N3O6/c22-17(19-7-10-1-3-12-14(5-10)25-8-23-12)18-20-16(21-27-18)11-2-4-13-15(6-11)26-9-24-13/h1-6H,7-9H2,(H,19,22). The van der Waals surface area contributed by atoms with E-state index in [1.165, 1.54) is 0 Å². The number of benzene rings is 2. The molecular formula is C18H13N3O6. The van der Waals surface area contributed by atoms with Crippen LogP contribution in [-0.4, -0.2) is 29.6 Å². The van der Waals surface area contributed by atoms with Crippen molar-refractivity contribution in [2.24, 2.45) is 0 Å². The van der Waals surface area contributed by atoms with E-state index in [9.17, 15) is 4.79 Å². The summed E-state index contributed by atoms with van der Waals surface area (Å²) in [6.45, 7) is 0.672. The van der Waals surface area contributed by atoms with E-state index in [4.69, 9.17) is 23.5 Å². The number of rotatable bonds is 4. The minimum atomic E-state index is -0.466. The highest BCUT2D eigenvalue weighted by molar-refractivity contribution is 5.89. The van der Waals surface area contributed by atoms with Crippen LogP contribution in [0.2, 0.25) is 0 Å². The van der Waals surface area contributed by atoms with Crippen LogP contribution in [0.15, 0.2) is 40.9 Å². The molecule has 1 amide bonds. The summed E-state index contributed by atoms with van der Waals surface area (Å²) in [5, 5.41) is 6.59. The van der Waals surface area contributed by atoms with E-state index in [1.807, 2.05) is 12.1 Å². The Morgan fingerprint density at radius 3 is 2.44 bits per heavy atom. The Labute approximate surface area is 152 Å². The van der Waals surface area contributed by atoms with Crippen LogP contribution in [-0.2, 0) is 6.54 Å². The Kier molecular flexibility index (Phi) is 3.56. The van der Waals surface area contributed by atoms with Crippen molar-refractivity contribution >= 4 is 5.91 Å². The van der Waals surface area contributed by atoms with Crippen molar-refractivity contribution in [1.29, 1.82) is 0 Å². The van der Waals surface area contributed by atoms with Crippen LogP contribution < -0.4 is 24.3 Å². The Morgan fingerprint density at radius 2 is 1.63 bits per heavy atom. The van der Waals surface area contributed by atoms with Gasteiger partial charge in [0.25, 0.3) is 0 Å². The Balaban J connectivity index is 1.27. The molecule has 2 aromatic carbocycles. The van der Waals surface area contributed by atoms with Crippen molar-refractivity contribution in [1.82, 2.24) is 15.5 Å². The largest absolute Gasteiger partial charge is 0.454 e. The summed E-state index contributed by atoms with van der Waals surface area (Å²) >= 11 is 0. The first-order chi connectivity index (χ1) is 13.3. The van der Waals surface area contributed by atoms with Crippen molar-refractivity contribution in [3.63, 3.8) is 0 Å². The van der Waals surface area contributed by atoms with Gasteiger partial charge in [-0.2, -0.15) is 4.98 Å². The van der Waals surface area contributed by atoms with Gasteiger partial charge in [0.15, 0.2) is 23.0 Å². The van der Waals surface area contributed by atoms with Crippen LogP contribution in [0, 0.1) is 0 Å². The summed E-state index contributed by atoms with van der Waals surface area (Å²) in [6, 6.07) is 10.7. The van der Waals surface area contributed by atoms with Gasteiger partial charge >= 0.3 is 11.8 Å². The molecule has 1 aromatic heterocycles. The predicted octanol–water partition coefficient (Wildman–Crippen LogP) is 2.12. The van der Waals surface area contributed by atoms with Crippen LogP contribution in [0.5, 0.6) is 23.0 Å². The van der Waals surface area contributed by atoms with E-state index in [1.54, 1.807) is 24.3 Å². The minimum absolute atomic E-state index is 0.122. The normalized spacial score (nSPS) is 13.6. The van der Waals surface area contributed by atoms with Gasteiger partial charge in [0.05, 0.1) is 0 Å². The lowest BCUT2D eigenvalue weighted by Crippen LogP contribution is -2.23. The fourth-order valence-electron chi connectivity index (χ4n) is 2.78. The van der Waals surface area contributed by atoms with Crippen molar-refractivity contribution in [2.45, 2.75) is 6.54 Å². The second kappa shape index (κ2) is 6.20. The maximum atomic E-state index is 12.3. The molecule has 9 heteroatoms. The summed E-state index contributed by atoms with van der Waals surface area (Å²) in [4.78, 5) is 16.4. The van der Waals surface area contributed by atoms with Crippen molar-refractivity contribution < 1.29 is 28.3 Å². The molecule has 5 rings (SSSR count). The number of fused-ring (bicyclic) bond motifs is 2. The van der Waals surface area contributed by atoms with E-state index < -0.39 is 5.91 Å². The van der Waals surface area contributed by atoms with Crippen molar-refractivity contribution in [3.05, 3.63) is 47.9 Å². The maximum Gasteiger partial charge on any atom is 0.316 e. The Hall–Kier alpha value is -3.75. The highest BCUT2D eigenvalue weighted by Crippen LogP contribution is 2.35. The third-order valence-electron chi connectivity index (χ3n) is 4.14.